The summed E-state index contributed by atoms with van der Waals surface area (Å²) in [6, 6.07) is 0. The highest BCUT2D eigenvalue weighted by Crippen LogP contribution is 2.04. The second kappa shape index (κ2) is 8.28. The van der Waals surface area contributed by atoms with Crippen LogP contribution in [0.1, 0.15) is 57.2 Å². The van der Waals surface area contributed by atoms with Gasteiger partial charge in [0.15, 0.2) is 0 Å². The molecule has 1 aromatic rings. The fourth-order valence-corrected chi connectivity index (χ4v) is 1.63. The average Bonchev–Trinajstić information content (AvgIpc) is 2.68. The van der Waals surface area contributed by atoms with Crippen LogP contribution in [0.5, 0.6) is 0 Å². The van der Waals surface area contributed by atoms with Gasteiger partial charge in [0, 0.05) is 6.92 Å². The Hall–Kier alpha value is -0.900. The Morgan fingerprint density at radius 2 is 1.81 bits per heavy atom. The predicted molar refractivity (Wildman–Crippen MR) is 64.1 cm³/mol. The van der Waals surface area contributed by atoms with E-state index in [1.54, 1.807) is 0 Å². The van der Waals surface area contributed by atoms with Gasteiger partial charge in [0.25, 0.3) is 0 Å². The van der Waals surface area contributed by atoms with Crippen molar-refractivity contribution < 1.29 is 4.42 Å². The first-order valence-corrected chi connectivity index (χ1v) is 6.32. The summed E-state index contributed by atoms with van der Waals surface area (Å²) < 4.78 is 5.26. The molecule has 1 heterocycles. The molecule has 0 aromatic carbocycles. The molecule has 16 heavy (non-hydrogen) atoms. The molecular weight excluding hydrogens is 202 g/mol. The highest BCUT2D eigenvalue weighted by Gasteiger charge is 2.00. The van der Waals surface area contributed by atoms with Crippen LogP contribution in [0, 0.1) is 6.92 Å². The molecule has 0 aliphatic heterocycles. The monoisotopic (exact) mass is 225 g/mol. The van der Waals surface area contributed by atoms with E-state index < -0.39 is 0 Å². The van der Waals surface area contributed by atoms with Gasteiger partial charge in [-0.05, 0) is 13.0 Å². The summed E-state index contributed by atoms with van der Waals surface area (Å²) in [6.07, 6.45) is 7.96. The Kier molecular flexibility index (Phi) is 6.81. The molecule has 0 atom stereocenters. The van der Waals surface area contributed by atoms with Crippen molar-refractivity contribution in [1.29, 1.82) is 0 Å². The minimum absolute atomic E-state index is 0.636. The zero-order chi connectivity index (χ0) is 11.6. The van der Waals surface area contributed by atoms with Gasteiger partial charge in [-0.2, -0.15) is 0 Å². The van der Waals surface area contributed by atoms with E-state index in [-0.39, 0.29) is 0 Å². The summed E-state index contributed by atoms with van der Waals surface area (Å²) in [5.74, 6) is 1.32. The molecule has 0 spiro atoms. The maximum absolute atomic E-state index is 5.26. The van der Waals surface area contributed by atoms with Gasteiger partial charge in [-0.3, -0.25) is 0 Å². The normalized spacial score (nSPS) is 10.9. The molecule has 0 amide bonds. The Morgan fingerprint density at radius 3 is 2.50 bits per heavy atom. The minimum Gasteiger partial charge on any atom is -0.424 e. The molecule has 0 bridgehead atoms. The molecule has 0 aliphatic rings. The van der Waals surface area contributed by atoms with Gasteiger partial charge < -0.3 is 9.73 Å². The van der Waals surface area contributed by atoms with Gasteiger partial charge in [0.1, 0.15) is 0 Å². The quantitative estimate of drug-likeness (QED) is 0.657. The molecule has 1 rings (SSSR count). The SMILES string of the molecule is CCCCCCCCNCc1nnc(C)o1. The largest absolute Gasteiger partial charge is 0.424 e. The zero-order valence-corrected chi connectivity index (χ0v) is 10.5. The summed E-state index contributed by atoms with van der Waals surface area (Å²) in [6.45, 7) is 5.78. The summed E-state index contributed by atoms with van der Waals surface area (Å²) in [7, 11) is 0. The van der Waals surface area contributed by atoms with E-state index in [1.165, 1.54) is 38.5 Å². The average molecular weight is 225 g/mol. The Balaban J connectivity index is 1.88. The van der Waals surface area contributed by atoms with Crippen molar-refractivity contribution in [2.45, 2.75) is 58.9 Å². The van der Waals surface area contributed by atoms with Crippen LogP contribution in [0.15, 0.2) is 4.42 Å². The fraction of sp³-hybridized carbons (Fsp3) is 0.833. The van der Waals surface area contributed by atoms with Crippen LogP contribution in [-0.2, 0) is 6.54 Å². The van der Waals surface area contributed by atoms with Gasteiger partial charge in [0.2, 0.25) is 11.8 Å². The van der Waals surface area contributed by atoms with E-state index in [0.717, 1.165) is 6.54 Å². The molecule has 0 aliphatic carbocycles. The maximum Gasteiger partial charge on any atom is 0.230 e. The lowest BCUT2D eigenvalue weighted by molar-refractivity contribution is 0.443. The second-order valence-electron chi connectivity index (χ2n) is 4.16. The van der Waals surface area contributed by atoms with Gasteiger partial charge >= 0.3 is 0 Å². The second-order valence-corrected chi connectivity index (χ2v) is 4.16. The molecule has 0 radical (unpaired) electrons. The number of nitrogens with zero attached hydrogens (tertiary/aromatic N) is 2. The predicted octanol–water partition coefficient (Wildman–Crippen LogP) is 2.83. The first-order chi connectivity index (χ1) is 7.83. The molecule has 4 nitrogen and oxygen atoms in total. The smallest absolute Gasteiger partial charge is 0.230 e. The van der Waals surface area contributed by atoms with E-state index in [0.29, 0.717) is 18.3 Å². The Labute approximate surface area is 97.8 Å². The summed E-state index contributed by atoms with van der Waals surface area (Å²) >= 11 is 0. The van der Waals surface area contributed by atoms with Crippen molar-refractivity contribution in [3.05, 3.63) is 11.8 Å². The minimum atomic E-state index is 0.636. The topological polar surface area (TPSA) is 51.0 Å². The van der Waals surface area contributed by atoms with Gasteiger partial charge in [-0.1, -0.05) is 39.0 Å². The number of unbranched alkanes of at least 4 members (excludes halogenated alkanes) is 5. The Morgan fingerprint density at radius 1 is 1.06 bits per heavy atom. The fourth-order valence-electron chi connectivity index (χ4n) is 1.63. The number of hydrogen-bond donors (Lipinski definition) is 1. The summed E-state index contributed by atoms with van der Waals surface area (Å²) in [5, 5.41) is 11.0. The molecule has 1 N–H and O–H groups in total. The molecule has 92 valence electrons. The first-order valence-electron chi connectivity index (χ1n) is 6.32. The number of hydrogen-bond acceptors (Lipinski definition) is 4. The van der Waals surface area contributed by atoms with E-state index in [9.17, 15) is 0 Å². The molecule has 4 heteroatoms. The number of aromatic nitrogens is 2. The van der Waals surface area contributed by atoms with Crippen LogP contribution in [0.25, 0.3) is 0 Å². The summed E-state index contributed by atoms with van der Waals surface area (Å²) in [5.41, 5.74) is 0. The highest BCUT2D eigenvalue weighted by molar-refractivity contribution is 4.77. The standard InChI is InChI=1S/C12H23N3O/c1-3-4-5-6-7-8-9-13-10-12-15-14-11(2)16-12/h13H,3-10H2,1-2H3. The van der Waals surface area contributed by atoms with Gasteiger partial charge in [-0.25, -0.2) is 0 Å². The van der Waals surface area contributed by atoms with Gasteiger partial charge in [-0.15, -0.1) is 10.2 Å². The van der Waals surface area contributed by atoms with Crippen LogP contribution in [0.2, 0.25) is 0 Å². The molecule has 1 aromatic heterocycles. The number of aryl methyl sites for hydroxylation is 1. The highest BCUT2D eigenvalue weighted by atomic mass is 16.4. The van der Waals surface area contributed by atoms with E-state index in [4.69, 9.17) is 4.42 Å². The summed E-state index contributed by atoms with van der Waals surface area (Å²) in [4.78, 5) is 0. The van der Waals surface area contributed by atoms with Crippen molar-refractivity contribution in [3.63, 3.8) is 0 Å². The molecule has 0 unspecified atom stereocenters. The van der Waals surface area contributed by atoms with Crippen LogP contribution in [0.4, 0.5) is 0 Å². The van der Waals surface area contributed by atoms with Gasteiger partial charge in [0.05, 0.1) is 6.54 Å². The van der Waals surface area contributed by atoms with E-state index in [1.807, 2.05) is 6.92 Å². The lowest BCUT2D eigenvalue weighted by Crippen LogP contribution is -2.14. The molecule has 0 saturated carbocycles. The van der Waals surface area contributed by atoms with E-state index >= 15 is 0 Å². The van der Waals surface area contributed by atoms with Crippen LogP contribution in [-0.4, -0.2) is 16.7 Å². The van der Waals surface area contributed by atoms with Crippen LogP contribution in [0.3, 0.4) is 0 Å². The third-order valence-corrected chi connectivity index (χ3v) is 2.55. The van der Waals surface area contributed by atoms with Crippen molar-refractivity contribution in [1.82, 2.24) is 15.5 Å². The van der Waals surface area contributed by atoms with Crippen molar-refractivity contribution >= 4 is 0 Å². The number of rotatable bonds is 9. The van der Waals surface area contributed by atoms with Crippen molar-refractivity contribution in [2.75, 3.05) is 6.54 Å². The van der Waals surface area contributed by atoms with Crippen molar-refractivity contribution in [3.8, 4) is 0 Å². The third kappa shape index (κ3) is 5.85. The van der Waals surface area contributed by atoms with Crippen molar-refractivity contribution in [2.24, 2.45) is 0 Å². The van der Waals surface area contributed by atoms with Crippen LogP contribution < -0.4 is 5.32 Å². The molecular formula is C12H23N3O. The maximum atomic E-state index is 5.26. The third-order valence-electron chi connectivity index (χ3n) is 2.55. The molecule has 0 saturated heterocycles. The van der Waals surface area contributed by atoms with E-state index in [2.05, 4.69) is 22.4 Å². The van der Waals surface area contributed by atoms with Crippen LogP contribution >= 0.6 is 0 Å². The Bertz CT molecular complexity index is 273. The lowest BCUT2D eigenvalue weighted by Gasteiger charge is -2.01. The lowest BCUT2D eigenvalue weighted by atomic mass is 10.1. The zero-order valence-electron chi connectivity index (χ0n) is 10.5. The molecule has 0 fully saturated rings. The number of nitrogens with one attached hydrogen (secondary N) is 1. The first kappa shape index (κ1) is 13.2.